The van der Waals surface area contributed by atoms with Crippen LogP contribution >= 0.6 is 0 Å². The molecule has 0 bridgehead atoms. The highest BCUT2D eigenvalue weighted by Crippen LogP contribution is 2.06. The fourth-order valence-corrected chi connectivity index (χ4v) is 1.68. The summed E-state index contributed by atoms with van der Waals surface area (Å²) in [6, 6.07) is 4.16. The summed E-state index contributed by atoms with van der Waals surface area (Å²) in [6.45, 7) is 2.19. The second-order valence-electron chi connectivity index (χ2n) is 3.32. The highest BCUT2D eigenvalue weighted by Gasteiger charge is 1.98. The number of rotatable bonds is 0. The highest BCUT2D eigenvalue weighted by molar-refractivity contribution is 5.43. The van der Waals surface area contributed by atoms with E-state index in [1.165, 1.54) is 35.4 Å². The molecule has 0 N–H and O–H groups in total. The molecule has 1 nitrogen and oxygen atoms in total. The standard InChI is InChI=1S/C11H13N/c1-9-5-2-3-6-10-7-4-8-12-11(9)10/h4,6-8H,2-3,5H2,1H3. The molecular weight excluding hydrogens is 146 g/mol. The van der Waals surface area contributed by atoms with Gasteiger partial charge in [-0.25, -0.2) is 0 Å². The molecule has 1 aliphatic carbocycles. The van der Waals surface area contributed by atoms with E-state index in [1.807, 2.05) is 12.3 Å². The van der Waals surface area contributed by atoms with Crippen LogP contribution in [0.3, 0.4) is 0 Å². The third kappa shape index (κ3) is 1.27. The van der Waals surface area contributed by atoms with Crippen molar-refractivity contribution in [3.63, 3.8) is 0 Å². The smallest absolute Gasteiger partial charge is 0.0687 e. The van der Waals surface area contributed by atoms with Gasteiger partial charge in [-0.15, -0.1) is 0 Å². The lowest BCUT2D eigenvalue weighted by atomic mass is 10.1. The van der Waals surface area contributed by atoms with Gasteiger partial charge in [0.25, 0.3) is 0 Å². The van der Waals surface area contributed by atoms with Crippen molar-refractivity contribution in [2.45, 2.75) is 26.2 Å². The summed E-state index contributed by atoms with van der Waals surface area (Å²) in [6.07, 6.45) is 7.82. The molecule has 0 amide bonds. The van der Waals surface area contributed by atoms with Crippen molar-refractivity contribution in [2.75, 3.05) is 0 Å². The average Bonchev–Trinajstić information content (AvgIpc) is 2.29. The van der Waals surface area contributed by atoms with Gasteiger partial charge in [0.2, 0.25) is 0 Å². The first kappa shape index (κ1) is 7.53. The molecule has 1 heterocycles. The first-order valence-electron chi connectivity index (χ1n) is 4.49. The van der Waals surface area contributed by atoms with Crippen LogP contribution in [0.5, 0.6) is 0 Å². The summed E-state index contributed by atoms with van der Waals surface area (Å²) >= 11 is 0. The lowest BCUT2D eigenvalue weighted by Gasteiger charge is -1.94. The third-order valence-corrected chi connectivity index (χ3v) is 2.36. The van der Waals surface area contributed by atoms with E-state index >= 15 is 0 Å². The zero-order valence-corrected chi connectivity index (χ0v) is 7.38. The van der Waals surface area contributed by atoms with E-state index in [-0.39, 0.29) is 0 Å². The molecular formula is C11H13N. The molecule has 0 radical (unpaired) electrons. The van der Waals surface area contributed by atoms with Gasteiger partial charge < -0.3 is 0 Å². The molecule has 0 fully saturated rings. The summed E-state index contributed by atoms with van der Waals surface area (Å²) in [5, 5.41) is 2.52. The van der Waals surface area contributed by atoms with E-state index in [1.54, 1.807) is 0 Å². The Balaban J connectivity index is 2.81. The summed E-state index contributed by atoms with van der Waals surface area (Å²) in [5.41, 5.74) is 1.43. The maximum Gasteiger partial charge on any atom is 0.0687 e. The van der Waals surface area contributed by atoms with Crippen LogP contribution in [0.4, 0.5) is 0 Å². The van der Waals surface area contributed by atoms with E-state index < -0.39 is 0 Å². The molecule has 0 spiro atoms. The Bertz CT molecular complexity index is 390. The van der Waals surface area contributed by atoms with E-state index in [9.17, 15) is 0 Å². The monoisotopic (exact) mass is 159 g/mol. The van der Waals surface area contributed by atoms with Crippen LogP contribution in [0.15, 0.2) is 18.3 Å². The number of aromatic nitrogens is 1. The van der Waals surface area contributed by atoms with Gasteiger partial charge in [0.1, 0.15) is 0 Å². The van der Waals surface area contributed by atoms with Crippen LogP contribution in [0.25, 0.3) is 11.6 Å². The predicted octanol–water partition coefficient (Wildman–Crippen LogP) is 1.22. The van der Waals surface area contributed by atoms with Crippen LogP contribution in [0, 0.1) is 0 Å². The molecule has 62 valence electrons. The molecule has 1 heteroatoms. The normalized spacial score (nSPS) is 16.2. The molecule has 0 saturated carbocycles. The van der Waals surface area contributed by atoms with Gasteiger partial charge in [-0.2, -0.15) is 0 Å². The van der Waals surface area contributed by atoms with Gasteiger partial charge in [-0.3, -0.25) is 4.98 Å². The van der Waals surface area contributed by atoms with Gasteiger partial charge in [0.05, 0.1) is 5.35 Å². The van der Waals surface area contributed by atoms with Crippen molar-refractivity contribution < 1.29 is 0 Å². The molecule has 0 unspecified atom stereocenters. The Kier molecular flexibility index (Phi) is 1.94. The summed E-state index contributed by atoms with van der Waals surface area (Å²) in [5.74, 6) is 0. The van der Waals surface area contributed by atoms with Crippen molar-refractivity contribution in [3.8, 4) is 0 Å². The molecule has 2 rings (SSSR count). The maximum atomic E-state index is 4.39. The number of fused-ring (bicyclic) bond motifs is 1. The van der Waals surface area contributed by atoms with Gasteiger partial charge in [-0.1, -0.05) is 12.1 Å². The Morgan fingerprint density at radius 2 is 2.33 bits per heavy atom. The minimum atomic E-state index is 1.19. The van der Waals surface area contributed by atoms with E-state index in [0.717, 1.165) is 0 Å². The molecule has 1 aliphatic rings. The Morgan fingerprint density at radius 1 is 1.42 bits per heavy atom. The fourth-order valence-electron chi connectivity index (χ4n) is 1.68. The first-order chi connectivity index (χ1) is 5.88. The lowest BCUT2D eigenvalue weighted by molar-refractivity contribution is 0.902. The van der Waals surface area contributed by atoms with Crippen molar-refractivity contribution in [3.05, 3.63) is 28.9 Å². The van der Waals surface area contributed by atoms with Crippen LogP contribution in [-0.4, -0.2) is 4.98 Å². The zero-order valence-electron chi connectivity index (χ0n) is 7.38. The van der Waals surface area contributed by atoms with Crippen molar-refractivity contribution >= 4 is 11.6 Å². The Morgan fingerprint density at radius 3 is 3.25 bits per heavy atom. The molecule has 1 aromatic heterocycles. The molecule has 1 aromatic rings. The minimum Gasteiger partial charge on any atom is -0.256 e. The van der Waals surface area contributed by atoms with Gasteiger partial charge in [0, 0.05) is 6.20 Å². The van der Waals surface area contributed by atoms with Gasteiger partial charge >= 0.3 is 0 Å². The molecule has 0 atom stereocenters. The lowest BCUT2D eigenvalue weighted by Crippen LogP contribution is -2.28. The SMILES string of the molecule is CC1=c2ncccc2=CCCC1. The third-order valence-electron chi connectivity index (χ3n) is 2.36. The van der Waals surface area contributed by atoms with Crippen LogP contribution in [0.2, 0.25) is 0 Å². The zero-order chi connectivity index (χ0) is 8.39. The van der Waals surface area contributed by atoms with Crippen LogP contribution < -0.4 is 10.6 Å². The number of hydrogen-bond donors (Lipinski definition) is 0. The highest BCUT2D eigenvalue weighted by atomic mass is 14.6. The Labute approximate surface area is 72.5 Å². The number of pyridine rings is 1. The quantitative estimate of drug-likeness (QED) is 0.554. The second kappa shape index (κ2) is 3.10. The van der Waals surface area contributed by atoms with Crippen LogP contribution in [0.1, 0.15) is 26.2 Å². The Hall–Kier alpha value is -1.11. The number of hydrogen-bond acceptors (Lipinski definition) is 1. The summed E-state index contributed by atoms with van der Waals surface area (Å²) in [7, 11) is 0. The molecule has 0 aliphatic heterocycles. The largest absolute Gasteiger partial charge is 0.256 e. The topological polar surface area (TPSA) is 12.9 Å². The average molecular weight is 159 g/mol. The van der Waals surface area contributed by atoms with E-state index in [0.29, 0.717) is 0 Å². The molecule has 0 aromatic carbocycles. The van der Waals surface area contributed by atoms with Gasteiger partial charge in [0.15, 0.2) is 0 Å². The van der Waals surface area contributed by atoms with Crippen molar-refractivity contribution in [1.29, 1.82) is 0 Å². The number of nitrogens with zero attached hydrogens (tertiary/aromatic N) is 1. The fraction of sp³-hybridized carbons (Fsp3) is 0.364. The van der Waals surface area contributed by atoms with Crippen molar-refractivity contribution in [2.24, 2.45) is 0 Å². The minimum absolute atomic E-state index is 1.19. The predicted molar refractivity (Wildman–Crippen MR) is 50.9 cm³/mol. The first-order valence-corrected chi connectivity index (χ1v) is 4.49. The van der Waals surface area contributed by atoms with Crippen molar-refractivity contribution in [1.82, 2.24) is 4.98 Å². The van der Waals surface area contributed by atoms with Gasteiger partial charge in [-0.05, 0) is 43.0 Å². The molecule has 0 saturated heterocycles. The van der Waals surface area contributed by atoms with Crippen LogP contribution in [-0.2, 0) is 0 Å². The molecule has 12 heavy (non-hydrogen) atoms. The summed E-state index contributed by atoms with van der Waals surface area (Å²) < 4.78 is 0. The van der Waals surface area contributed by atoms with E-state index in [4.69, 9.17) is 0 Å². The second-order valence-corrected chi connectivity index (χ2v) is 3.32. The summed E-state index contributed by atoms with van der Waals surface area (Å²) in [4.78, 5) is 4.39. The maximum absolute atomic E-state index is 4.39. The van der Waals surface area contributed by atoms with E-state index in [2.05, 4.69) is 24.1 Å².